The standard InChI is InChI=1S/C20H27N/c1-14(2)17-6-8-19(9-7-17)16(5)21-20-12-10-18(11-13-20)15(3)4/h6-16,21H,1-5H3. The first-order chi connectivity index (χ1) is 9.97. The molecule has 2 aromatic rings. The summed E-state index contributed by atoms with van der Waals surface area (Å²) in [6.45, 7) is 11.1. The first kappa shape index (κ1) is 15.6. The molecule has 0 fully saturated rings. The third kappa shape index (κ3) is 4.10. The van der Waals surface area contributed by atoms with Crippen molar-refractivity contribution in [3.05, 3.63) is 65.2 Å². The highest BCUT2D eigenvalue weighted by atomic mass is 14.9. The lowest BCUT2D eigenvalue weighted by molar-refractivity contribution is 0.850. The van der Waals surface area contributed by atoms with E-state index in [4.69, 9.17) is 0 Å². The van der Waals surface area contributed by atoms with Crippen molar-refractivity contribution in [1.82, 2.24) is 0 Å². The molecule has 1 unspecified atom stereocenters. The number of hydrogen-bond acceptors (Lipinski definition) is 1. The Labute approximate surface area is 129 Å². The molecular weight excluding hydrogens is 254 g/mol. The van der Waals surface area contributed by atoms with E-state index >= 15 is 0 Å². The highest BCUT2D eigenvalue weighted by molar-refractivity contribution is 5.47. The fraction of sp³-hybridized carbons (Fsp3) is 0.400. The predicted molar refractivity (Wildman–Crippen MR) is 93.1 cm³/mol. The number of rotatable bonds is 5. The Hall–Kier alpha value is -1.76. The molecule has 1 nitrogen and oxygen atoms in total. The van der Waals surface area contributed by atoms with Crippen LogP contribution in [0.1, 0.15) is 69.2 Å². The van der Waals surface area contributed by atoms with E-state index in [1.54, 1.807) is 0 Å². The van der Waals surface area contributed by atoms with Gasteiger partial charge in [0.1, 0.15) is 0 Å². The van der Waals surface area contributed by atoms with Gasteiger partial charge in [0.2, 0.25) is 0 Å². The van der Waals surface area contributed by atoms with Gasteiger partial charge < -0.3 is 5.32 Å². The van der Waals surface area contributed by atoms with Gasteiger partial charge in [-0.15, -0.1) is 0 Å². The molecule has 0 aromatic heterocycles. The number of hydrogen-bond donors (Lipinski definition) is 1. The highest BCUT2D eigenvalue weighted by Gasteiger charge is 2.07. The highest BCUT2D eigenvalue weighted by Crippen LogP contribution is 2.23. The maximum absolute atomic E-state index is 3.57. The van der Waals surface area contributed by atoms with Crippen LogP contribution in [-0.2, 0) is 0 Å². The van der Waals surface area contributed by atoms with E-state index in [0.29, 0.717) is 17.9 Å². The summed E-state index contributed by atoms with van der Waals surface area (Å²) in [7, 11) is 0. The first-order valence-electron chi connectivity index (χ1n) is 7.93. The molecule has 0 aliphatic rings. The molecule has 0 aliphatic heterocycles. The Kier molecular flexibility index (Phi) is 5.06. The van der Waals surface area contributed by atoms with Crippen LogP contribution >= 0.6 is 0 Å². The lowest BCUT2D eigenvalue weighted by Gasteiger charge is -2.17. The van der Waals surface area contributed by atoms with Gasteiger partial charge in [0.05, 0.1) is 0 Å². The van der Waals surface area contributed by atoms with E-state index in [1.807, 2.05) is 0 Å². The van der Waals surface area contributed by atoms with Gasteiger partial charge in [-0.2, -0.15) is 0 Å². The van der Waals surface area contributed by atoms with Crippen molar-refractivity contribution in [2.75, 3.05) is 5.32 Å². The van der Waals surface area contributed by atoms with E-state index in [2.05, 4.69) is 88.5 Å². The van der Waals surface area contributed by atoms with Gasteiger partial charge in [0.15, 0.2) is 0 Å². The second-order valence-corrected chi connectivity index (χ2v) is 6.46. The van der Waals surface area contributed by atoms with Gasteiger partial charge in [0.25, 0.3) is 0 Å². The lowest BCUT2D eigenvalue weighted by Crippen LogP contribution is -2.06. The van der Waals surface area contributed by atoms with Crippen molar-refractivity contribution in [1.29, 1.82) is 0 Å². The SMILES string of the molecule is CC(C)c1ccc(NC(C)c2ccc(C(C)C)cc2)cc1. The zero-order valence-electron chi connectivity index (χ0n) is 13.9. The third-order valence-corrected chi connectivity index (χ3v) is 4.06. The molecule has 21 heavy (non-hydrogen) atoms. The molecule has 0 bridgehead atoms. The second-order valence-electron chi connectivity index (χ2n) is 6.46. The molecule has 0 aliphatic carbocycles. The summed E-state index contributed by atoms with van der Waals surface area (Å²) in [5.41, 5.74) is 5.29. The fourth-order valence-electron chi connectivity index (χ4n) is 2.47. The van der Waals surface area contributed by atoms with Gasteiger partial charge >= 0.3 is 0 Å². The molecule has 1 atom stereocenters. The van der Waals surface area contributed by atoms with E-state index in [9.17, 15) is 0 Å². The van der Waals surface area contributed by atoms with E-state index < -0.39 is 0 Å². The maximum atomic E-state index is 3.57. The minimum Gasteiger partial charge on any atom is -0.379 e. The Bertz CT molecular complexity index is 549. The van der Waals surface area contributed by atoms with Gasteiger partial charge in [0, 0.05) is 11.7 Å². The zero-order chi connectivity index (χ0) is 15.4. The average molecular weight is 281 g/mol. The summed E-state index contributed by atoms with van der Waals surface area (Å²) in [5, 5.41) is 3.57. The third-order valence-electron chi connectivity index (χ3n) is 4.06. The molecule has 0 spiro atoms. The Morgan fingerprint density at radius 1 is 0.571 bits per heavy atom. The van der Waals surface area contributed by atoms with Crippen LogP contribution in [0.2, 0.25) is 0 Å². The van der Waals surface area contributed by atoms with Crippen LogP contribution in [0.3, 0.4) is 0 Å². The summed E-state index contributed by atoms with van der Waals surface area (Å²) in [4.78, 5) is 0. The molecule has 1 N–H and O–H groups in total. The van der Waals surface area contributed by atoms with Crippen LogP contribution in [-0.4, -0.2) is 0 Å². The molecular formula is C20H27N. The Balaban J connectivity index is 2.04. The monoisotopic (exact) mass is 281 g/mol. The van der Waals surface area contributed by atoms with Crippen molar-refractivity contribution in [3.8, 4) is 0 Å². The Morgan fingerprint density at radius 2 is 0.952 bits per heavy atom. The summed E-state index contributed by atoms with van der Waals surface area (Å²) in [6, 6.07) is 18.0. The minimum atomic E-state index is 0.316. The summed E-state index contributed by atoms with van der Waals surface area (Å²) < 4.78 is 0. The summed E-state index contributed by atoms with van der Waals surface area (Å²) in [6.07, 6.45) is 0. The quantitative estimate of drug-likeness (QED) is 0.697. The van der Waals surface area contributed by atoms with Gasteiger partial charge in [-0.3, -0.25) is 0 Å². The molecule has 2 aromatic carbocycles. The lowest BCUT2D eigenvalue weighted by atomic mass is 9.99. The second kappa shape index (κ2) is 6.80. The Morgan fingerprint density at radius 3 is 1.38 bits per heavy atom. The number of anilines is 1. The van der Waals surface area contributed by atoms with Crippen LogP contribution in [0.25, 0.3) is 0 Å². The van der Waals surface area contributed by atoms with Crippen molar-refractivity contribution in [2.24, 2.45) is 0 Å². The smallest absolute Gasteiger partial charge is 0.0485 e. The molecule has 0 amide bonds. The maximum Gasteiger partial charge on any atom is 0.0485 e. The fourth-order valence-corrected chi connectivity index (χ4v) is 2.47. The van der Waals surface area contributed by atoms with Crippen molar-refractivity contribution >= 4 is 5.69 Å². The number of benzene rings is 2. The normalized spacial score (nSPS) is 12.7. The molecule has 0 radical (unpaired) electrons. The van der Waals surface area contributed by atoms with Crippen LogP contribution in [0.15, 0.2) is 48.5 Å². The van der Waals surface area contributed by atoms with Crippen LogP contribution in [0, 0.1) is 0 Å². The first-order valence-corrected chi connectivity index (χ1v) is 7.93. The average Bonchev–Trinajstić information content (AvgIpc) is 2.47. The summed E-state index contributed by atoms with van der Waals surface area (Å²) >= 11 is 0. The topological polar surface area (TPSA) is 12.0 Å². The van der Waals surface area contributed by atoms with Crippen LogP contribution in [0.4, 0.5) is 5.69 Å². The molecule has 1 heteroatoms. The molecule has 0 saturated carbocycles. The summed E-state index contributed by atoms with van der Waals surface area (Å²) in [5.74, 6) is 1.17. The van der Waals surface area contributed by atoms with E-state index in [-0.39, 0.29) is 0 Å². The van der Waals surface area contributed by atoms with E-state index in [1.165, 1.54) is 22.4 Å². The van der Waals surface area contributed by atoms with Crippen molar-refractivity contribution in [3.63, 3.8) is 0 Å². The molecule has 2 rings (SSSR count). The largest absolute Gasteiger partial charge is 0.379 e. The molecule has 112 valence electrons. The van der Waals surface area contributed by atoms with Gasteiger partial charge in [-0.25, -0.2) is 0 Å². The molecule has 0 saturated heterocycles. The van der Waals surface area contributed by atoms with Crippen molar-refractivity contribution in [2.45, 2.75) is 52.5 Å². The van der Waals surface area contributed by atoms with Crippen LogP contribution < -0.4 is 5.32 Å². The zero-order valence-corrected chi connectivity index (χ0v) is 13.9. The predicted octanol–water partition coefficient (Wildman–Crippen LogP) is 6.11. The molecule has 0 heterocycles. The van der Waals surface area contributed by atoms with Gasteiger partial charge in [-0.1, -0.05) is 64.1 Å². The van der Waals surface area contributed by atoms with Crippen LogP contribution in [0.5, 0.6) is 0 Å². The minimum absolute atomic E-state index is 0.316. The number of nitrogens with one attached hydrogen (secondary N) is 1. The van der Waals surface area contributed by atoms with E-state index in [0.717, 1.165) is 0 Å². The van der Waals surface area contributed by atoms with Gasteiger partial charge in [-0.05, 0) is 47.6 Å². The van der Waals surface area contributed by atoms with Crippen molar-refractivity contribution < 1.29 is 0 Å².